The van der Waals surface area contributed by atoms with Crippen LogP contribution in [0.5, 0.6) is 0 Å². The van der Waals surface area contributed by atoms with Crippen molar-refractivity contribution in [3.05, 3.63) is 58.8 Å². The van der Waals surface area contributed by atoms with Gasteiger partial charge in [0.25, 0.3) is 0 Å². The molecule has 1 atom stereocenters. The lowest BCUT2D eigenvalue weighted by Crippen LogP contribution is -2.45. The van der Waals surface area contributed by atoms with E-state index in [1.807, 2.05) is 33.8 Å². The molecule has 1 aliphatic heterocycles. The Bertz CT molecular complexity index is 868. The molecule has 1 aliphatic rings. The number of pyridine rings is 1. The van der Waals surface area contributed by atoms with Crippen LogP contribution < -0.4 is 4.90 Å². The standard InChI is InChI=1S/C21H23F3N2O/c1-5-13-8-9-15(21(22,23)24)11-14(13)12-17-16-7-6-10-25-18(16)26(19(17)27)20(2,3)4/h6-11,17H,5,12H2,1-4H3. The first-order chi connectivity index (χ1) is 12.5. The third-order valence-corrected chi connectivity index (χ3v) is 4.93. The molecule has 0 radical (unpaired) electrons. The van der Waals surface area contributed by atoms with Gasteiger partial charge in [-0.05, 0) is 62.9 Å². The van der Waals surface area contributed by atoms with Gasteiger partial charge in [0.05, 0.1) is 11.5 Å². The highest BCUT2D eigenvalue weighted by Gasteiger charge is 2.43. The number of fused-ring (bicyclic) bond motifs is 1. The van der Waals surface area contributed by atoms with E-state index in [1.165, 1.54) is 12.1 Å². The molecule has 1 unspecified atom stereocenters. The number of hydrogen-bond acceptors (Lipinski definition) is 2. The lowest BCUT2D eigenvalue weighted by atomic mass is 9.89. The lowest BCUT2D eigenvalue weighted by molar-refractivity contribution is -0.137. The average molecular weight is 376 g/mol. The van der Waals surface area contributed by atoms with Gasteiger partial charge in [0, 0.05) is 17.3 Å². The first-order valence-corrected chi connectivity index (χ1v) is 9.02. The van der Waals surface area contributed by atoms with Crippen LogP contribution in [-0.4, -0.2) is 16.4 Å². The van der Waals surface area contributed by atoms with Crippen molar-refractivity contribution >= 4 is 11.7 Å². The normalized spacial score (nSPS) is 17.4. The number of benzene rings is 1. The highest BCUT2D eigenvalue weighted by Crippen LogP contribution is 2.42. The molecule has 0 fully saturated rings. The van der Waals surface area contributed by atoms with Crippen LogP contribution in [0, 0.1) is 0 Å². The van der Waals surface area contributed by atoms with Crippen molar-refractivity contribution in [2.45, 2.75) is 58.2 Å². The van der Waals surface area contributed by atoms with Gasteiger partial charge in [-0.25, -0.2) is 4.98 Å². The number of aryl methyl sites for hydroxylation is 1. The van der Waals surface area contributed by atoms with E-state index in [-0.39, 0.29) is 12.3 Å². The monoisotopic (exact) mass is 376 g/mol. The maximum Gasteiger partial charge on any atom is 0.416 e. The third-order valence-electron chi connectivity index (χ3n) is 4.93. The quantitative estimate of drug-likeness (QED) is 0.744. The molecule has 0 N–H and O–H groups in total. The minimum Gasteiger partial charge on any atom is -0.291 e. The van der Waals surface area contributed by atoms with Crippen LogP contribution >= 0.6 is 0 Å². The maximum atomic E-state index is 13.2. The molecule has 27 heavy (non-hydrogen) atoms. The summed E-state index contributed by atoms with van der Waals surface area (Å²) in [4.78, 5) is 19.2. The Morgan fingerprint density at radius 2 is 1.81 bits per heavy atom. The number of alkyl halides is 3. The van der Waals surface area contributed by atoms with E-state index >= 15 is 0 Å². The van der Waals surface area contributed by atoms with Crippen molar-refractivity contribution < 1.29 is 18.0 Å². The fraction of sp³-hybridized carbons (Fsp3) is 0.429. The topological polar surface area (TPSA) is 33.2 Å². The number of anilines is 1. The van der Waals surface area contributed by atoms with E-state index in [4.69, 9.17) is 0 Å². The average Bonchev–Trinajstić information content (AvgIpc) is 2.86. The van der Waals surface area contributed by atoms with E-state index in [0.29, 0.717) is 17.8 Å². The Labute approximate surface area is 157 Å². The molecule has 0 saturated heterocycles. The first kappa shape index (κ1) is 19.4. The number of nitrogens with zero attached hydrogens (tertiary/aromatic N) is 2. The van der Waals surface area contributed by atoms with Crippen LogP contribution in [0.3, 0.4) is 0 Å². The molecule has 1 amide bonds. The predicted octanol–water partition coefficient (Wildman–Crippen LogP) is 5.13. The Hall–Kier alpha value is -2.37. The molecular weight excluding hydrogens is 353 g/mol. The molecule has 3 nitrogen and oxygen atoms in total. The number of aromatic nitrogens is 1. The van der Waals surface area contributed by atoms with Gasteiger partial charge in [0.15, 0.2) is 0 Å². The Kier molecular flexibility index (Phi) is 4.78. The molecule has 0 saturated carbocycles. The fourth-order valence-corrected chi connectivity index (χ4v) is 3.66. The molecule has 2 aromatic rings. The number of hydrogen-bond donors (Lipinski definition) is 0. The van der Waals surface area contributed by atoms with Crippen molar-refractivity contribution in [2.75, 3.05) is 4.90 Å². The lowest BCUT2D eigenvalue weighted by Gasteiger charge is -2.32. The second kappa shape index (κ2) is 6.66. The second-order valence-corrected chi connectivity index (χ2v) is 7.85. The maximum absolute atomic E-state index is 13.2. The van der Waals surface area contributed by atoms with Gasteiger partial charge in [-0.3, -0.25) is 9.69 Å². The second-order valence-electron chi connectivity index (χ2n) is 7.85. The summed E-state index contributed by atoms with van der Waals surface area (Å²) in [6, 6.07) is 7.41. The van der Waals surface area contributed by atoms with Crippen molar-refractivity contribution in [3.63, 3.8) is 0 Å². The molecule has 0 spiro atoms. The highest BCUT2D eigenvalue weighted by atomic mass is 19.4. The van der Waals surface area contributed by atoms with E-state index in [0.717, 1.165) is 17.2 Å². The molecular formula is C21H23F3N2O. The van der Waals surface area contributed by atoms with Crippen molar-refractivity contribution in [2.24, 2.45) is 0 Å². The summed E-state index contributed by atoms with van der Waals surface area (Å²) in [7, 11) is 0. The van der Waals surface area contributed by atoms with Gasteiger partial charge in [-0.15, -0.1) is 0 Å². The zero-order chi connectivity index (χ0) is 20.0. The van der Waals surface area contributed by atoms with Gasteiger partial charge < -0.3 is 0 Å². The predicted molar refractivity (Wildman–Crippen MR) is 98.7 cm³/mol. The molecule has 2 heterocycles. The van der Waals surface area contributed by atoms with Crippen molar-refractivity contribution in [1.82, 2.24) is 4.98 Å². The Balaban J connectivity index is 2.05. The Morgan fingerprint density at radius 1 is 1.11 bits per heavy atom. The molecule has 3 rings (SSSR count). The molecule has 0 bridgehead atoms. The summed E-state index contributed by atoms with van der Waals surface area (Å²) in [6.07, 6.45) is -1.93. The number of rotatable bonds is 3. The van der Waals surface area contributed by atoms with Crippen LogP contribution in [-0.2, 0) is 23.8 Å². The van der Waals surface area contributed by atoms with Crippen LogP contribution in [0.1, 0.15) is 55.9 Å². The first-order valence-electron chi connectivity index (χ1n) is 9.02. The molecule has 0 aliphatic carbocycles. The van der Waals surface area contributed by atoms with E-state index in [9.17, 15) is 18.0 Å². The third kappa shape index (κ3) is 3.57. The van der Waals surface area contributed by atoms with Gasteiger partial charge >= 0.3 is 6.18 Å². The van der Waals surface area contributed by atoms with Gasteiger partial charge in [0.2, 0.25) is 5.91 Å². The van der Waals surface area contributed by atoms with Gasteiger partial charge in [-0.1, -0.05) is 19.1 Å². The van der Waals surface area contributed by atoms with Crippen LogP contribution in [0.4, 0.5) is 19.0 Å². The van der Waals surface area contributed by atoms with Crippen molar-refractivity contribution in [1.29, 1.82) is 0 Å². The number of carbonyl (C=O) groups excluding carboxylic acids is 1. The SMILES string of the molecule is CCc1ccc(C(F)(F)F)cc1CC1C(=O)N(C(C)(C)C)c2ncccc21. The highest BCUT2D eigenvalue weighted by molar-refractivity contribution is 6.05. The number of carbonyl (C=O) groups is 1. The summed E-state index contributed by atoms with van der Waals surface area (Å²) in [5.74, 6) is -0.0394. The number of amides is 1. The summed E-state index contributed by atoms with van der Waals surface area (Å²) in [6.45, 7) is 7.67. The van der Waals surface area contributed by atoms with Gasteiger partial charge in [0.1, 0.15) is 5.82 Å². The van der Waals surface area contributed by atoms with Crippen LogP contribution in [0.15, 0.2) is 36.5 Å². The molecule has 6 heteroatoms. The summed E-state index contributed by atoms with van der Waals surface area (Å²) in [5, 5.41) is 0. The largest absolute Gasteiger partial charge is 0.416 e. The van der Waals surface area contributed by atoms with E-state index in [2.05, 4.69) is 4.98 Å². The fourth-order valence-electron chi connectivity index (χ4n) is 3.66. The number of halogens is 3. The molecule has 1 aromatic carbocycles. The summed E-state index contributed by atoms with van der Waals surface area (Å²) >= 11 is 0. The zero-order valence-electron chi connectivity index (χ0n) is 15.9. The Morgan fingerprint density at radius 3 is 2.41 bits per heavy atom. The summed E-state index contributed by atoms with van der Waals surface area (Å²) in [5.41, 5.74) is 1.03. The molecule has 1 aromatic heterocycles. The smallest absolute Gasteiger partial charge is 0.291 e. The van der Waals surface area contributed by atoms with Crippen molar-refractivity contribution in [3.8, 4) is 0 Å². The molecule has 144 valence electrons. The zero-order valence-corrected chi connectivity index (χ0v) is 15.9. The van der Waals surface area contributed by atoms with Gasteiger partial charge in [-0.2, -0.15) is 13.2 Å². The minimum absolute atomic E-state index is 0.115. The van der Waals surface area contributed by atoms with Crippen LogP contribution in [0.2, 0.25) is 0 Å². The van der Waals surface area contributed by atoms with E-state index in [1.54, 1.807) is 17.2 Å². The van der Waals surface area contributed by atoms with Crippen LogP contribution in [0.25, 0.3) is 0 Å². The van der Waals surface area contributed by atoms with E-state index < -0.39 is 23.2 Å². The summed E-state index contributed by atoms with van der Waals surface area (Å²) < 4.78 is 39.5. The minimum atomic E-state index is -4.41.